The summed E-state index contributed by atoms with van der Waals surface area (Å²) in [6, 6.07) is 18.6. The molecule has 9 heteroatoms. The van der Waals surface area contributed by atoms with Gasteiger partial charge < -0.3 is 19.5 Å². The fourth-order valence-electron chi connectivity index (χ4n) is 3.01. The Morgan fingerprint density at radius 1 is 0.971 bits per heavy atom. The van der Waals surface area contributed by atoms with Crippen LogP contribution in [0, 0.1) is 0 Å². The number of aliphatic imine (C=N–C) groups is 1. The molecule has 1 aliphatic heterocycles. The van der Waals surface area contributed by atoms with E-state index in [-0.39, 0.29) is 11.7 Å². The highest BCUT2D eigenvalue weighted by molar-refractivity contribution is 8.18. The molecule has 0 aliphatic carbocycles. The number of hydrogen-bond donors (Lipinski definition) is 1. The van der Waals surface area contributed by atoms with Crippen LogP contribution in [0.1, 0.15) is 15.9 Å². The van der Waals surface area contributed by atoms with Crippen molar-refractivity contribution in [3.8, 4) is 17.2 Å². The van der Waals surface area contributed by atoms with Crippen molar-refractivity contribution >= 4 is 52.2 Å². The maximum Gasteiger partial charge on any atom is 0.343 e. The van der Waals surface area contributed by atoms with E-state index in [9.17, 15) is 9.59 Å². The molecule has 1 fully saturated rings. The van der Waals surface area contributed by atoms with Gasteiger partial charge in [-0.15, -0.1) is 0 Å². The van der Waals surface area contributed by atoms with Crippen molar-refractivity contribution in [2.24, 2.45) is 4.99 Å². The third kappa shape index (κ3) is 5.59. The fourth-order valence-corrected chi connectivity index (χ4v) is 3.98. The summed E-state index contributed by atoms with van der Waals surface area (Å²) in [6.45, 7) is 0. The molecule has 0 bridgehead atoms. The highest BCUT2D eigenvalue weighted by Crippen LogP contribution is 2.33. The van der Waals surface area contributed by atoms with Crippen LogP contribution < -0.4 is 19.5 Å². The molecule has 0 unspecified atom stereocenters. The van der Waals surface area contributed by atoms with Crippen LogP contribution in [0.3, 0.4) is 0 Å². The lowest BCUT2D eigenvalue weighted by atomic mass is 10.2. The van der Waals surface area contributed by atoms with Gasteiger partial charge in [-0.3, -0.25) is 4.79 Å². The first-order chi connectivity index (χ1) is 16.4. The first-order valence-electron chi connectivity index (χ1n) is 10.0. The van der Waals surface area contributed by atoms with E-state index >= 15 is 0 Å². The summed E-state index contributed by atoms with van der Waals surface area (Å²) in [7, 11) is 3.07. The van der Waals surface area contributed by atoms with Gasteiger partial charge in [-0.25, -0.2) is 9.79 Å². The van der Waals surface area contributed by atoms with E-state index in [0.717, 1.165) is 5.75 Å². The molecular weight excluding hydrogens is 476 g/mol. The van der Waals surface area contributed by atoms with E-state index in [2.05, 4.69) is 10.3 Å². The van der Waals surface area contributed by atoms with E-state index in [1.165, 1.54) is 18.9 Å². The summed E-state index contributed by atoms with van der Waals surface area (Å²) in [5.41, 5.74) is 1.75. The number of thioether (sulfide) groups is 1. The Labute approximate surface area is 205 Å². The quantitative estimate of drug-likeness (QED) is 0.278. The number of methoxy groups -OCH3 is 2. The zero-order valence-corrected chi connectivity index (χ0v) is 19.8. The van der Waals surface area contributed by atoms with Crippen LogP contribution in [0.5, 0.6) is 17.2 Å². The second kappa shape index (κ2) is 10.5. The van der Waals surface area contributed by atoms with Gasteiger partial charge in [-0.05, 0) is 84.1 Å². The van der Waals surface area contributed by atoms with E-state index in [4.69, 9.17) is 25.8 Å². The van der Waals surface area contributed by atoms with Crippen molar-refractivity contribution in [1.82, 2.24) is 5.32 Å². The van der Waals surface area contributed by atoms with Gasteiger partial charge in [0.2, 0.25) is 0 Å². The highest BCUT2D eigenvalue weighted by atomic mass is 35.5. The Hall–Kier alpha value is -3.75. The molecule has 172 valence electrons. The zero-order valence-electron chi connectivity index (χ0n) is 18.2. The number of hydrogen-bond acceptors (Lipinski definition) is 7. The van der Waals surface area contributed by atoms with Crippen molar-refractivity contribution in [3.05, 3.63) is 87.8 Å². The molecule has 34 heavy (non-hydrogen) atoms. The van der Waals surface area contributed by atoms with Crippen LogP contribution in [0.2, 0.25) is 5.02 Å². The molecule has 1 aliphatic rings. The summed E-state index contributed by atoms with van der Waals surface area (Å²) in [5.74, 6) is 0.548. The lowest BCUT2D eigenvalue weighted by Crippen LogP contribution is -2.19. The molecular formula is C25H19ClN2O5S. The van der Waals surface area contributed by atoms with Crippen molar-refractivity contribution in [3.63, 3.8) is 0 Å². The van der Waals surface area contributed by atoms with E-state index < -0.39 is 5.97 Å². The Kier molecular flexibility index (Phi) is 7.20. The minimum atomic E-state index is -0.536. The molecule has 0 saturated carbocycles. The number of nitrogens with one attached hydrogen (secondary N) is 1. The molecule has 0 aromatic heterocycles. The third-order valence-electron chi connectivity index (χ3n) is 4.72. The predicted octanol–water partition coefficient (Wildman–Crippen LogP) is 5.47. The molecule has 0 atom stereocenters. The van der Waals surface area contributed by atoms with Gasteiger partial charge in [0, 0.05) is 5.02 Å². The van der Waals surface area contributed by atoms with E-state index in [1.54, 1.807) is 79.9 Å². The second-order valence-electron chi connectivity index (χ2n) is 6.99. The predicted molar refractivity (Wildman–Crippen MR) is 133 cm³/mol. The molecule has 0 spiro atoms. The maximum absolute atomic E-state index is 12.4. The van der Waals surface area contributed by atoms with Gasteiger partial charge in [0.1, 0.15) is 5.75 Å². The van der Waals surface area contributed by atoms with E-state index in [0.29, 0.717) is 37.7 Å². The van der Waals surface area contributed by atoms with Gasteiger partial charge in [-0.1, -0.05) is 17.7 Å². The molecule has 7 nitrogen and oxygen atoms in total. The number of benzene rings is 3. The average Bonchev–Trinajstić information content (AvgIpc) is 3.19. The normalized spacial score (nSPS) is 15.3. The topological polar surface area (TPSA) is 86.2 Å². The number of amides is 1. The Bertz CT molecular complexity index is 1290. The largest absolute Gasteiger partial charge is 0.497 e. The van der Waals surface area contributed by atoms with Gasteiger partial charge in [0.25, 0.3) is 5.91 Å². The molecule has 3 aromatic rings. The Balaban J connectivity index is 1.50. The van der Waals surface area contributed by atoms with Gasteiger partial charge in [0.15, 0.2) is 16.7 Å². The summed E-state index contributed by atoms with van der Waals surface area (Å²) >= 11 is 7.09. The number of esters is 1. The monoisotopic (exact) mass is 494 g/mol. The van der Waals surface area contributed by atoms with Crippen LogP contribution in [0.25, 0.3) is 6.08 Å². The second-order valence-corrected chi connectivity index (χ2v) is 8.45. The van der Waals surface area contributed by atoms with Crippen molar-refractivity contribution < 1.29 is 23.8 Å². The van der Waals surface area contributed by atoms with Crippen LogP contribution in [0.15, 0.2) is 76.6 Å². The first kappa shape index (κ1) is 23.4. The van der Waals surface area contributed by atoms with Crippen LogP contribution in [-0.4, -0.2) is 31.3 Å². The van der Waals surface area contributed by atoms with Gasteiger partial charge in [-0.2, -0.15) is 0 Å². The number of halogens is 1. The van der Waals surface area contributed by atoms with E-state index in [1.807, 2.05) is 0 Å². The summed E-state index contributed by atoms with van der Waals surface area (Å²) in [6.07, 6.45) is 1.71. The summed E-state index contributed by atoms with van der Waals surface area (Å²) in [5, 5.41) is 3.75. The molecule has 1 amide bonds. The SMILES string of the molecule is COc1ccc(N=C2NC(=O)/C(=C/c3ccc(OC(=O)c4ccc(Cl)cc4)c(OC)c3)S2)cc1. The lowest BCUT2D eigenvalue weighted by molar-refractivity contribution is -0.115. The van der Waals surface area contributed by atoms with Crippen molar-refractivity contribution in [1.29, 1.82) is 0 Å². The minimum Gasteiger partial charge on any atom is -0.497 e. The summed E-state index contributed by atoms with van der Waals surface area (Å²) in [4.78, 5) is 29.8. The maximum atomic E-state index is 12.4. The minimum absolute atomic E-state index is 0.255. The van der Waals surface area contributed by atoms with Gasteiger partial charge in [0.05, 0.1) is 30.4 Å². The summed E-state index contributed by atoms with van der Waals surface area (Å²) < 4.78 is 16.0. The number of nitrogens with zero attached hydrogens (tertiary/aromatic N) is 1. The Morgan fingerprint density at radius 3 is 2.38 bits per heavy atom. The van der Waals surface area contributed by atoms with Gasteiger partial charge >= 0.3 is 5.97 Å². The number of carbonyl (C=O) groups excluding carboxylic acids is 2. The van der Waals surface area contributed by atoms with Crippen LogP contribution in [-0.2, 0) is 4.79 Å². The molecule has 3 aromatic carbocycles. The standard InChI is InChI=1S/C25H19ClN2O5S/c1-31-19-10-8-18(9-11-19)27-25-28-23(29)22(34-25)14-15-3-12-20(21(13-15)32-2)33-24(30)16-4-6-17(26)7-5-16/h3-14H,1-2H3,(H,27,28,29)/b22-14-. The molecule has 4 rings (SSSR count). The highest BCUT2D eigenvalue weighted by Gasteiger charge is 2.24. The number of amidine groups is 1. The molecule has 1 heterocycles. The third-order valence-corrected chi connectivity index (χ3v) is 5.88. The molecule has 0 radical (unpaired) electrons. The molecule has 1 saturated heterocycles. The zero-order chi connectivity index (χ0) is 24.1. The van der Waals surface area contributed by atoms with Crippen LogP contribution in [0.4, 0.5) is 5.69 Å². The smallest absolute Gasteiger partial charge is 0.343 e. The number of carbonyl (C=O) groups is 2. The first-order valence-corrected chi connectivity index (χ1v) is 11.2. The van der Waals surface area contributed by atoms with Crippen LogP contribution >= 0.6 is 23.4 Å². The number of ether oxygens (including phenoxy) is 3. The fraction of sp³-hybridized carbons (Fsp3) is 0.0800. The number of rotatable bonds is 6. The average molecular weight is 495 g/mol. The molecule has 1 N–H and O–H groups in total. The van der Waals surface area contributed by atoms with Crippen molar-refractivity contribution in [2.45, 2.75) is 0 Å². The van der Waals surface area contributed by atoms with Crippen molar-refractivity contribution in [2.75, 3.05) is 14.2 Å². The Morgan fingerprint density at radius 2 is 1.71 bits per heavy atom. The lowest BCUT2D eigenvalue weighted by Gasteiger charge is -2.10.